The molecule has 0 unspecified atom stereocenters. The SMILES string of the molecule is ICCCC1=CCCCC1. The molecule has 0 radical (unpaired) electrons. The van der Waals surface area contributed by atoms with Crippen LogP contribution in [0.5, 0.6) is 0 Å². The molecule has 1 heteroatoms. The molecule has 0 aromatic rings. The molecular weight excluding hydrogens is 235 g/mol. The highest BCUT2D eigenvalue weighted by Gasteiger charge is 2.01. The first-order chi connectivity index (χ1) is 4.93. The highest BCUT2D eigenvalue weighted by atomic mass is 127. The van der Waals surface area contributed by atoms with E-state index < -0.39 is 0 Å². The Bertz CT molecular complexity index is 116. The van der Waals surface area contributed by atoms with E-state index in [0.717, 1.165) is 0 Å². The van der Waals surface area contributed by atoms with E-state index in [1.807, 2.05) is 0 Å². The van der Waals surface area contributed by atoms with E-state index in [0.29, 0.717) is 0 Å². The van der Waals surface area contributed by atoms with Gasteiger partial charge in [-0.1, -0.05) is 34.2 Å². The third-order valence-corrected chi connectivity index (χ3v) is 2.78. The fraction of sp³-hybridized carbons (Fsp3) is 0.778. The van der Waals surface area contributed by atoms with Crippen molar-refractivity contribution in [3.8, 4) is 0 Å². The molecule has 0 amide bonds. The molecule has 0 spiro atoms. The lowest BCUT2D eigenvalue weighted by molar-refractivity contribution is 0.672. The average molecular weight is 250 g/mol. The molecule has 0 heterocycles. The zero-order chi connectivity index (χ0) is 7.23. The van der Waals surface area contributed by atoms with Crippen LogP contribution in [0, 0.1) is 0 Å². The van der Waals surface area contributed by atoms with Crippen LogP contribution in [0.4, 0.5) is 0 Å². The van der Waals surface area contributed by atoms with Gasteiger partial charge in [0.05, 0.1) is 0 Å². The van der Waals surface area contributed by atoms with E-state index in [4.69, 9.17) is 0 Å². The van der Waals surface area contributed by atoms with Gasteiger partial charge in [-0.05, 0) is 43.0 Å². The van der Waals surface area contributed by atoms with Crippen LogP contribution in [0.15, 0.2) is 11.6 Å². The van der Waals surface area contributed by atoms with E-state index in [1.54, 1.807) is 5.57 Å². The molecule has 0 aromatic heterocycles. The van der Waals surface area contributed by atoms with Gasteiger partial charge in [0.2, 0.25) is 0 Å². The molecule has 0 atom stereocenters. The van der Waals surface area contributed by atoms with Crippen LogP contribution in [-0.2, 0) is 0 Å². The van der Waals surface area contributed by atoms with Gasteiger partial charge in [0.1, 0.15) is 0 Å². The van der Waals surface area contributed by atoms with Crippen LogP contribution in [0.3, 0.4) is 0 Å². The first kappa shape index (κ1) is 8.57. The number of rotatable bonds is 3. The summed E-state index contributed by atoms with van der Waals surface area (Å²) in [5.41, 5.74) is 1.72. The lowest BCUT2D eigenvalue weighted by atomic mass is 9.96. The molecule has 0 N–H and O–H groups in total. The van der Waals surface area contributed by atoms with Gasteiger partial charge in [0.15, 0.2) is 0 Å². The second-order valence-electron chi connectivity index (χ2n) is 2.90. The Balaban J connectivity index is 2.18. The van der Waals surface area contributed by atoms with Crippen molar-refractivity contribution in [2.24, 2.45) is 0 Å². The Morgan fingerprint density at radius 1 is 1.40 bits per heavy atom. The standard InChI is InChI=1S/C9H15I/c10-8-4-7-9-5-2-1-3-6-9/h5H,1-4,6-8H2. The first-order valence-corrected chi connectivity index (χ1v) is 5.70. The number of halogens is 1. The topological polar surface area (TPSA) is 0 Å². The Kier molecular flexibility index (Phi) is 4.42. The lowest BCUT2D eigenvalue weighted by Gasteiger charge is -2.11. The summed E-state index contributed by atoms with van der Waals surface area (Å²) in [7, 11) is 0. The minimum absolute atomic E-state index is 1.31. The molecule has 0 saturated carbocycles. The van der Waals surface area contributed by atoms with Crippen molar-refractivity contribution < 1.29 is 0 Å². The van der Waals surface area contributed by atoms with Crippen LogP contribution in [0.2, 0.25) is 0 Å². The molecule has 1 aliphatic carbocycles. The molecule has 0 bridgehead atoms. The Labute approximate surface area is 77.2 Å². The molecular formula is C9H15I. The number of hydrogen-bond donors (Lipinski definition) is 0. The first-order valence-electron chi connectivity index (χ1n) is 4.17. The van der Waals surface area contributed by atoms with E-state index in [-0.39, 0.29) is 0 Å². The molecule has 0 nitrogen and oxygen atoms in total. The number of hydrogen-bond acceptors (Lipinski definition) is 0. The van der Waals surface area contributed by atoms with Gasteiger partial charge in [-0.3, -0.25) is 0 Å². The van der Waals surface area contributed by atoms with E-state index in [2.05, 4.69) is 28.7 Å². The second-order valence-corrected chi connectivity index (χ2v) is 3.98. The van der Waals surface area contributed by atoms with Crippen molar-refractivity contribution in [1.29, 1.82) is 0 Å². The zero-order valence-corrected chi connectivity index (χ0v) is 8.56. The molecule has 1 rings (SSSR count). The summed E-state index contributed by atoms with van der Waals surface area (Å²) in [4.78, 5) is 0. The highest BCUT2D eigenvalue weighted by Crippen LogP contribution is 2.21. The monoisotopic (exact) mass is 250 g/mol. The van der Waals surface area contributed by atoms with Crippen molar-refractivity contribution in [3.05, 3.63) is 11.6 Å². The molecule has 0 saturated heterocycles. The van der Waals surface area contributed by atoms with Gasteiger partial charge >= 0.3 is 0 Å². The summed E-state index contributed by atoms with van der Waals surface area (Å²) < 4.78 is 1.31. The minimum Gasteiger partial charge on any atom is -0.0864 e. The molecule has 58 valence electrons. The highest BCUT2D eigenvalue weighted by molar-refractivity contribution is 14.1. The van der Waals surface area contributed by atoms with Gasteiger partial charge in [0, 0.05) is 0 Å². The van der Waals surface area contributed by atoms with Gasteiger partial charge in [0.25, 0.3) is 0 Å². The maximum absolute atomic E-state index is 2.46. The van der Waals surface area contributed by atoms with E-state index >= 15 is 0 Å². The fourth-order valence-corrected chi connectivity index (χ4v) is 1.81. The third kappa shape index (κ3) is 3.04. The van der Waals surface area contributed by atoms with E-state index in [1.165, 1.54) is 43.0 Å². The van der Waals surface area contributed by atoms with Crippen molar-refractivity contribution in [3.63, 3.8) is 0 Å². The van der Waals surface area contributed by atoms with Crippen LogP contribution >= 0.6 is 22.6 Å². The van der Waals surface area contributed by atoms with Crippen LogP contribution < -0.4 is 0 Å². The van der Waals surface area contributed by atoms with E-state index in [9.17, 15) is 0 Å². The molecule has 10 heavy (non-hydrogen) atoms. The number of allylic oxidation sites excluding steroid dienone is 2. The van der Waals surface area contributed by atoms with Crippen molar-refractivity contribution >= 4 is 22.6 Å². The summed E-state index contributed by atoms with van der Waals surface area (Å²) >= 11 is 2.46. The van der Waals surface area contributed by atoms with Gasteiger partial charge < -0.3 is 0 Å². The van der Waals surface area contributed by atoms with Crippen molar-refractivity contribution in [2.45, 2.75) is 38.5 Å². The Hall–Kier alpha value is 0.470. The number of alkyl halides is 1. The van der Waals surface area contributed by atoms with Crippen LogP contribution in [0.1, 0.15) is 38.5 Å². The predicted molar refractivity (Wildman–Crippen MR) is 54.7 cm³/mol. The second kappa shape index (κ2) is 5.16. The van der Waals surface area contributed by atoms with Gasteiger partial charge in [-0.15, -0.1) is 0 Å². The average Bonchev–Trinajstić information content (AvgIpc) is 2.03. The van der Waals surface area contributed by atoms with Crippen molar-refractivity contribution in [1.82, 2.24) is 0 Å². The summed E-state index contributed by atoms with van der Waals surface area (Å²) in [6.07, 6.45) is 10.8. The fourth-order valence-electron chi connectivity index (χ4n) is 1.43. The summed E-state index contributed by atoms with van der Waals surface area (Å²) in [5.74, 6) is 0. The summed E-state index contributed by atoms with van der Waals surface area (Å²) in [5, 5.41) is 0. The van der Waals surface area contributed by atoms with Gasteiger partial charge in [-0.25, -0.2) is 0 Å². The smallest absolute Gasteiger partial charge is 0.000168 e. The minimum atomic E-state index is 1.31. The normalized spacial score (nSPS) is 18.7. The van der Waals surface area contributed by atoms with Crippen molar-refractivity contribution in [2.75, 3.05) is 4.43 Å². The third-order valence-electron chi connectivity index (χ3n) is 2.02. The largest absolute Gasteiger partial charge is 0.0864 e. The molecule has 0 fully saturated rings. The maximum atomic E-state index is 2.46. The zero-order valence-electron chi connectivity index (χ0n) is 6.41. The summed E-state index contributed by atoms with van der Waals surface area (Å²) in [6, 6.07) is 0. The van der Waals surface area contributed by atoms with Crippen LogP contribution in [0.25, 0.3) is 0 Å². The molecule has 0 aromatic carbocycles. The summed E-state index contributed by atoms with van der Waals surface area (Å²) in [6.45, 7) is 0. The maximum Gasteiger partial charge on any atom is -0.000168 e. The molecule has 0 aliphatic heterocycles. The van der Waals surface area contributed by atoms with Gasteiger partial charge in [-0.2, -0.15) is 0 Å². The Morgan fingerprint density at radius 2 is 2.30 bits per heavy atom. The Morgan fingerprint density at radius 3 is 2.90 bits per heavy atom. The quantitative estimate of drug-likeness (QED) is 0.407. The lowest BCUT2D eigenvalue weighted by Crippen LogP contribution is -1.91. The predicted octanol–water partition coefficient (Wildman–Crippen LogP) is 3.70. The molecule has 1 aliphatic rings. The van der Waals surface area contributed by atoms with Crippen LogP contribution in [-0.4, -0.2) is 4.43 Å².